The Balaban J connectivity index is 1.60. The summed E-state index contributed by atoms with van der Waals surface area (Å²) in [7, 11) is 0. The first-order valence-electron chi connectivity index (χ1n) is 7.58. The molecule has 1 fully saturated rings. The lowest BCUT2D eigenvalue weighted by molar-refractivity contribution is -0.122. The van der Waals surface area contributed by atoms with E-state index in [-0.39, 0.29) is 18.2 Å². The van der Waals surface area contributed by atoms with Crippen LogP contribution in [0.3, 0.4) is 0 Å². The second-order valence-electron chi connectivity index (χ2n) is 5.47. The minimum absolute atomic E-state index is 0.109. The number of anilines is 1. The van der Waals surface area contributed by atoms with Crippen molar-refractivity contribution in [3.63, 3.8) is 0 Å². The Kier molecular flexibility index (Phi) is 4.96. The van der Waals surface area contributed by atoms with Gasteiger partial charge in [-0.2, -0.15) is 0 Å². The largest absolute Gasteiger partial charge is 0.326 e. The van der Waals surface area contributed by atoms with E-state index in [0.29, 0.717) is 5.17 Å². The number of aryl methyl sites for hydroxylation is 1. The van der Waals surface area contributed by atoms with Gasteiger partial charge in [-0.05, 0) is 31.2 Å². The summed E-state index contributed by atoms with van der Waals surface area (Å²) in [6, 6.07) is 16.9. The molecule has 0 saturated carbocycles. The van der Waals surface area contributed by atoms with Crippen molar-refractivity contribution in [3.05, 3.63) is 60.2 Å². The van der Waals surface area contributed by atoms with Gasteiger partial charge in [0.1, 0.15) is 5.25 Å². The van der Waals surface area contributed by atoms with Gasteiger partial charge in [-0.25, -0.2) is 4.99 Å². The number of para-hydroxylation sites is 1. The van der Waals surface area contributed by atoms with Gasteiger partial charge in [-0.15, -0.1) is 0 Å². The molecule has 1 heterocycles. The predicted molar refractivity (Wildman–Crippen MR) is 97.5 cm³/mol. The summed E-state index contributed by atoms with van der Waals surface area (Å²) in [6.07, 6.45) is 0.109. The van der Waals surface area contributed by atoms with E-state index in [9.17, 15) is 9.59 Å². The Bertz CT molecular complexity index is 773. The molecule has 1 aliphatic rings. The maximum Gasteiger partial charge on any atom is 0.240 e. The van der Waals surface area contributed by atoms with Gasteiger partial charge in [0.2, 0.25) is 11.8 Å². The van der Waals surface area contributed by atoms with Gasteiger partial charge in [-0.3, -0.25) is 9.59 Å². The van der Waals surface area contributed by atoms with Crippen molar-refractivity contribution in [2.24, 2.45) is 4.99 Å². The molecule has 0 spiro atoms. The molecule has 0 bridgehead atoms. The first kappa shape index (κ1) is 16.3. The van der Waals surface area contributed by atoms with Crippen LogP contribution in [0, 0.1) is 6.92 Å². The lowest BCUT2D eigenvalue weighted by Crippen LogP contribution is -2.28. The highest BCUT2D eigenvalue weighted by molar-refractivity contribution is 8.15. The third kappa shape index (κ3) is 4.23. The Morgan fingerprint density at radius 3 is 2.58 bits per heavy atom. The summed E-state index contributed by atoms with van der Waals surface area (Å²) in [4.78, 5) is 28.5. The van der Waals surface area contributed by atoms with E-state index in [1.165, 1.54) is 11.8 Å². The normalized spacial score (nSPS) is 18.5. The van der Waals surface area contributed by atoms with Crippen LogP contribution in [0.2, 0.25) is 0 Å². The smallest absolute Gasteiger partial charge is 0.240 e. The zero-order chi connectivity index (χ0) is 16.9. The SMILES string of the molecule is Cc1ccc(N=C2NC(=O)[C@H](CC(=O)Nc3ccccc3)S2)cc1. The van der Waals surface area contributed by atoms with Gasteiger partial charge in [0.25, 0.3) is 0 Å². The average Bonchev–Trinajstić information content (AvgIpc) is 2.90. The number of amidine groups is 1. The summed E-state index contributed by atoms with van der Waals surface area (Å²) >= 11 is 1.29. The van der Waals surface area contributed by atoms with Crippen molar-refractivity contribution in [1.82, 2.24) is 5.32 Å². The third-order valence-electron chi connectivity index (χ3n) is 3.47. The van der Waals surface area contributed by atoms with Crippen LogP contribution in [-0.2, 0) is 9.59 Å². The monoisotopic (exact) mass is 339 g/mol. The van der Waals surface area contributed by atoms with Crippen molar-refractivity contribution < 1.29 is 9.59 Å². The molecule has 0 aliphatic carbocycles. The fourth-order valence-corrected chi connectivity index (χ4v) is 3.22. The van der Waals surface area contributed by atoms with E-state index in [0.717, 1.165) is 16.9 Å². The number of benzene rings is 2. The van der Waals surface area contributed by atoms with Crippen LogP contribution >= 0.6 is 11.8 Å². The number of thioether (sulfide) groups is 1. The lowest BCUT2D eigenvalue weighted by Gasteiger charge is -2.07. The Morgan fingerprint density at radius 1 is 1.17 bits per heavy atom. The fourth-order valence-electron chi connectivity index (χ4n) is 2.23. The van der Waals surface area contributed by atoms with Crippen LogP contribution in [0.15, 0.2) is 59.6 Å². The quantitative estimate of drug-likeness (QED) is 0.898. The van der Waals surface area contributed by atoms with Gasteiger partial charge in [0.15, 0.2) is 5.17 Å². The number of aliphatic imine (C=N–C) groups is 1. The molecule has 2 aromatic rings. The molecule has 0 radical (unpaired) electrons. The minimum atomic E-state index is -0.460. The second kappa shape index (κ2) is 7.31. The molecule has 6 heteroatoms. The fraction of sp³-hybridized carbons (Fsp3) is 0.167. The molecule has 1 atom stereocenters. The summed E-state index contributed by atoms with van der Waals surface area (Å²) in [5.41, 5.74) is 2.65. The van der Waals surface area contributed by atoms with Crippen molar-refractivity contribution >= 4 is 40.1 Å². The van der Waals surface area contributed by atoms with E-state index >= 15 is 0 Å². The number of nitrogens with one attached hydrogen (secondary N) is 2. The van der Waals surface area contributed by atoms with Gasteiger partial charge < -0.3 is 10.6 Å². The number of hydrogen-bond donors (Lipinski definition) is 2. The number of hydrogen-bond acceptors (Lipinski definition) is 4. The highest BCUT2D eigenvalue weighted by atomic mass is 32.2. The van der Waals surface area contributed by atoms with E-state index < -0.39 is 5.25 Å². The molecule has 2 aromatic carbocycles. The highest BCUT2D eigenvalue weighted by Gasteiger charge is 2.32. The number of rotatable bonds is 4. The molecule has 3 rings (SSSR count). The maximum absolute atomic E-state index is 12.1. The van der Waals surface area contributed by atoms with E-state index in [4.69, 9.17) is 0 Å². The topological polar surface area (TPSA) is 70.6 Å². The number of nitrogens with zero attached hydrogens (tertiary/aromatic N) is 1. The zero-order valence-electron chi connectivity index (χ0n) is 13.2. The van der Waals surface area contributed by atoms with Gasteiger partial charge in [0.05, 0.1) is 5.69 Å². The van der Waals surface area contributed by atoms with Crippen molar-refractivity contribution in [2.75, 3.05) is 5.32 Å². The van der Waals surface area contributed by atoms with Crippen LogP contribution in [0.25, 0.3) is 0 Å². The van der Waals surface area contributed by atoms with Crippen LogP contribution in [0.4, 0.5) is 11.4 Å². The summed E-state index contributed by atoms with van der Waals surface area (Å²) in [6.45, 7) is 2.00. The Labute approximate surface area is 144 Å². The third-order valence-corrected chi connectivity index (χ3v) is 4.55. The van der Waals surface area contributed by atoms with Crippen molar-refractivity contribution in [1.29, 1.82) is 0 Å². The molecule has 1 saturated heterocycles. The van der Waals surface area contributed by atoms with Crippen molar-refractivity contribution in [3.8, 4) is 0 Å². The second-order valence-corrected chi connectivity index (χ2v) is 6.66. The van der Waals surface area contributed by atoms with Crippen molar-refractivity contribution in [2.45, 2.75) is 18.6 Å². The van der Waals surface area contributed by atoms with Gasteiger partial charge in [0, 0.05) is 12.1 Å². The molecule has 2 N–H and O–H groups in total. The molecule has 0 unspecified atom stereocenters. The summed E-state index contributed by atoms with van der Waals surface area (Å²) in [5, 5.41) is 5.59. The summed E-state index contributed by atoms with van der Waals surface area (Å²) < 4.78 is 0. The first-order valence-corrected chi connectivity index (χ1v) is 8.46. The van der Waals surface area contributed by atoms with Gasteiger partial charge in [-0.1, -0.05) is 47.7 Å². The highest BCUT2D eigenvalue weighted by Crippen LogP contribution is 2.25. The zero-order valence-corrected chi connectivity index (χ0v) is 14.0. The van der Waals surface area contributed by atoms with E-state index in [1.807, 2.05) is 61.5 Å². The van der Waals surface area contributed by atoms with Crippen LogP contribution in [0.5, 0.6) is 0 Å². The van der Waals surface area contributed by atoms with Crippen LogP contribution in [0.1, 0.15) is 12.0 Å². The Morgan fingerprint density at radius 2 is 1.88 bits per heavy atom. The molecule has 5 nitrogen and oxygen atoms in total. The lowest BCUT2D eigenvalue weighted by atomic mass is 10.2. The van der Waals surface area contributed by atoms with E-state index in [1.54, 1.807) is 0 Å². The summed E-state index contributed by atoms with van der Waals surface area (Å²) in [5.74, 6) is -0.375. The van der Waals surface area contributed by atoms with Gasteiger partial charge >= 0.3 is 0 Å². The molecule has 24 heavy (non-hydrogen) atoms. The van der Waals surface area contributed by atoms with Crippen LogP contribution in [-0.4, -0.2) is 22.2 Å². The molecular weight excluding hydrogens is 322 g/mol. The number of amides is 2. The Hall–Kier alpha value is -2.60. The maximum atomic E-state index is 12.1. The molecule has 122 valence electrons. The predicted octanol–water partition coefficient (Wildman–Crippen LogP) is 3.24. The first-order chi connectivity index (χ1) is 11.6. The molecule has 2 amide bonds. The van der Waals surface area contributed by atoms with E-state index in [2.05, 4.69) is 15.6 Å². The average molecular weight is 339 g/mol. The van der Waals surface area contributed by atoms with Crippen LogP contribution < -0.4 is 10.6 Å². The number of carbonyl (C=O) groups is 2. The number of carbonyl (C=O) groups excluding carboxylic acids is 2. The molecule has 1 aliphatic heterocycles. The minimum Gasteiger partial charge on any atom is -0.326 e. The molecular formula is C18H17N3O2S. The standard InChI is InChI=1S/C18H17N3O2S/c1-12-7-9-14(10-8-12)20-18-21-17(23)15(24-18)11-16(22)19-13-5-3-2-4-6-13/h2-10,15H,11H2,1H3,(H,19,22)(H,20,21,23)/t15-/m0/s1. The molecule has 0 aromatic heterocycles.